The van der Waals surface area contributed by atoms with Gasteiger partial charge in [0.15, 0.2) is 0 Å². The quantitative estimate of drug-likeness (QED) is 0.735. The molecule has 0 spiro atoms. The van der Waals surface area contributed by atoms with Gasteiger partial charge in [0.2, 0.25) is 11.1 Å². The monoisotopic (exact) mass is 324 g/mol. The van der Waals surface area contributed by atoms with Crippen LogP contribution in [0.1, 0.15) is 0 Å². The Hall–Kier alpha value is -1.58. The van der Waals surface area contributed by atoms with Crippen molar-refractivity contribution in [3.8, 4) is 0 Å². The third kappa shape index (κ3) is 4.45. The summed E-state index contributed by atoms with van der Waals surface area (Å²) in [4.78, 5) is 13.0. The number of nitrogens with two attached hydrogens (primary N) is 1. The maximum absolute atomic E-state index is 12.0. The lowest BCUT2D eigenvalue weighted by Gasteiger charge is -2.08. The molecule has 2 aromatic rings. The number of carbonyl (C=O) groups is 1. The SMILES string of the molecule is CSc1ccccc1NC(=O)CSc1nnnn1CCN. The summed E-state index contributed by atoms with van der Waals surface area (Å²) in [5, 5.41) is 14.8. The zero-order chi connectivity index (χ0) is 15.1. The number of carbonyl (C=O) groups excluding carboxylic acids is 1. The molecule has 1 aromatic carbocycles. The lowest BCUT2D eigenvalue weighted by atomic mass is 10.3. The largest absolute Gasteiger partial charge is 0.329 e. The summed E-state index contributed by atoms with van der Waals surface area (Å²) in [5.74, 6) is 0.150. The van der Waals surface area contributed by atoms with Gasteiger partial charge in [-0.15, -0.1) is 16.9 Å². The maximum Gasteiger partial charge on any atom is 0.234 e. The van der Waals surface area contributed by atoms with Gasteiger partial charge in [0.1, 0.15) is 0 Å². The standard InChI is InChI=1S/C12H16N6OS2/c1-20-10-5-3-2-4-9(10)14-11(19)8-21-12-15-16-17-18(12)7-6-13/h2-5H,6-8,13H2,1H3,(H,14,19). The molecule has 2 rings (SSSR count). The van der Waals surface area contributed by atoms with Crippen molar-refractivity contribution in [3.05, 3.63) is 24.3 Å². The van der Waals surface area contributed by atoms with Gasteiger partial charge in [-0.3, -0.25) is 4.79 Å². The average molecular weight is 324 g/mol. The molecule has 112 valence electrons. The Balaban J connectivity index is 1.91. The van der Waals surface area contributed by atoms with E-state index in [1.165, 1.54) is 11.8 Å². The second-order valence-electron chi connectivity index (χ2n) is 4.01. The fourth-order valence-electron chi connectivity index (χ4n) is 1.63. The summed E-state index contributed by atoms with van der Waals surface area (Å²) in [6.45, 7) is 0.984. The third-order valence-electron chi connectivity index (χ3n) is 2.55. The summed E-state index contributed by atoms with van der Waals surface area (Å²) in [5.41, 5.74) is 6.29. The molecule has 21 heavy (non-hydrogen) atoms. The third-order valence-corrected chi connectivity index (χ3v) is 4.31. The molecule has 0 radical (unpaired) electrons. The fraction of sp³-hybridized carbons (Fsp3) is 0.333. The van der Waals surface area contributed by atoms with Gasteiger partial charge in [0.05, 0.1) is 18.0 Å². The smallest absolute Gasteiger partial charge is 0.234 e. The highest BCUT2D eigenvalue weighted by atomic mass is 32.2. The van der Waals surface area contributed by atoms with Crippen LogP contribution in [0.25, 0.3) is 0 Å². The Labute approximate surface area is 131 Å². The first-order valence-corrected chi connectivity index (χ1v) is 8.47. The van der Waals surface area contributed by atoms with E-state index in [1.54, 1.807) is 16.4 Å². The summed E-state index contributed by atoms with van der Waals surface area (Å²) >= 11 is 2.88. The normalized spacial score (nSPS) is 10.6. The van der Waals surface area contributed by atoms with Gasteiger partial charge < -0.3 is 11.1 Å². The van der Waals surface area contributed by atoms with Gasteiger partial charge in [-0.1, -0.05) is 23.9 Å². The number of hydrogen-bond acceptors (Lipinski definition) is 7. The van der Waals surface area contributed by atoms with Crippen molar-refractivity contribution >= 4 is 35.1 Å². The van der Waals surface area contributed by atoms with E-state index >= 15 is 0 Å². The molecular weight excluding hydrogens is 308 g/mol. The minimum Gasteiger partial charge on any atom is -0.329 e. The highest BCUT2D eigenvalue weighted by Crippen LogP contribution is 2.25. The summed E-state index contributed by atoms with van der Waals surface area (Å²) in [7, 11) is 0. The minimum absolute atomic E-state index is 0.0937. The molecule has 0 fully saturated rings. The second-order valence-corrected chi connectivity index (χ2v) is 5.80. The van der Waals surface area contributed by atoms with Crippen LogP contribution in [-0.2, 0) is 11.3 Å². The van der Waals surface area contributed by atoms with Crippen molar-refractivity contribution in [2.45, 2.75) is 16.6 Å². The number of benzene rings is 1. The van der Waals surface area contributed by atoms with Crippen molar-refractivity contribution < 1.29 is 4.79 Å². The maximum atomic E-state index is 12.0. The molecule has 0 saturated heterocycles. The van der Waals surface area contributed by atoms with Gasteiger partial charge in [0, 0.05) is 11.4 Å². The number of hydrogen-bond donors (Lipinski definition) is 2. The van der Waals surface area contributed by atoms with Gasteiger partial charge in [0.25, 0.3) is 0 Å². The van der Waals surface area contributed by atoms with Crippen LogP contribution in [0.4, 0.5) is 5.69 Å². The number of rotatable bonds is 7. The van der Waals surface area contributed by atoms with E-state index in [1.807, 2.05) is 30.5 Å². The summed E-state index contributed by atoms with van der Waals surface area (Å²) in [6.07, 6.45) is 1.97. The number of aromatic nitrogens is 4. The molecular formula is C12H16N6OS2. The number of tetrazole rings is 1. The first kappa shape index (κ1) is 15.8. The minimum atomic E-state index is -0.0937. The topological polar surface area (TPSA) is 98.7 Å². The van der Waals surface area contributed by atoms with E-state index in [9.17, 15) is 4.79 Å². The predicted octanol–water partition coefficient (Wildman–Crippen LogP) is 1.08. The van der Waals surface area contributed by atoms with Crippen LogP contribution in [-0.4, -0.2) is 44.7 Å². The number of para-hydroxylation sites is 1. The molecule has 1 aromatic heterocycles. The van der Waals surface area contributed by atoms with Crippen LogP contribution in [0, 0.1) is 0 Å². The number of amides is 1. The van der Waals surface area contributed by atoms with Crippen LogP contribution in [0.15, 0.2) is 34.3 Å². The van der Waals surface area contributed by atoms with E-state index in [2.05, 4.69) is 20.8 Å². The van der Waals surface area contributed by atoms with Crippen molar-refractivity contribution in [2.24, 2.45) is 5.73 Å². The molecule has 3 N–H and O–H groups in total. The first-order chi connectivity index (χ1) is 10.2. The predicted molar refractivity (Wildman–Crippen MR) is 84.4 cm³/mol. The molecule has 0 bridgehead atoms. The number of nitrogens with one attached hydrogen (secondary N) is 1. The van der Waals surface area contributed by atoms with E-state index in [0.29, 0.717) is 18.2 Å². The molecule has 0 saturated carbocycles. The second kappa shape index (κ2) is 8.01. The first-order valence-electron chi connectivity index (χ1n) is 6.26. The zero-order valence-corrected chi connectivity index (χ0v) is 13.2. The van der Waals surface area contributed by atoms with E-state index in [4.69, 9.17) is 5.73 Å². The van der Waals surface area contributed by atoms with E-state index in [0.717, 1.165) is 10.6 Å². The fourth-order valence-corrected chi connectivity index (χ4v) is 2.88. The number of anilines is 1. The average Bonchev–Trinajstić information content (AvgIpc) is 2.93. The lowest BCUT2D eigenvalue weighted by molar-refractivity contribution is -0.113. The molecule has 0 unspecified atom stereocenters. The number of thioether (sulfide) groups is 2. The Kier molecular flexibility index (Phi) is 6.03. The lowest BCUT2D eigenvalue weighted by Crippen LogP contribution is -2.16. The van der Waals surface area contributed by atoms with Crippen LogP contribution in [0.5, 0.6) is 0 Å². The zero-order valence-electron chi connectivity index (χ0n) is 11.5. The van der Waals surface area contributed by atoms with Crippen LogP contribution >= 0.6 is 23.5 Å². The van der Waals surface area contributed by atoms with Crippen LogP contribution in [0.2, 0.25) is 0 Å². The molecule has 1 amide bonds. The molecule has 0 aliphatic rings. The number of nitrogens with zero attached hydrogens (tertiary/aromatic N) is 4. The molecule has 0 atom stereocenters. The highest BCUT2D eigenvalue weighted by Gasteiger charge is 2.10. The van der Waals surface area contributed by atoms with E-state index in [-0.39, 0.29) is 11.7 Å². The van der Waals surface area contributed by atoms with Crippen molar-refractivity contribution in [2.75, 3.05) is 23.9 Å². The Bertz CT molecular complexity index is 603. The van der Waals surface area contributed by atoms with Gasteiger partial charge in [-0.05, 0) is 28.8 Å². The Morgan fingerprint density at radius 2 is 2.24 bits per heavy atom. The van der Waals surface area contributed by atoms with Gasteiger partial charge in [-0.2, -0.15) is 0 Å². The molecule has 0 aliphatic carbocycles. The van der Waals surface area contributed by atoms with Crippen molar-refractivity contribution in [1.82, 2.24) is 20.2 Å². The molecule has 9 heteroatoms. The van der Waals surface area contributed by atoms with Crippen molar-refractivity contribution in [3.63, 3.8) is 0 Å². The van der Waals surface area contributed by atoms with Crippen LogP contribution < -0.4 is 11.1 Å². The van der Waals surface area contributed by atoms with Crippen LogP contribution in [0.3, 0.4) is 0 Å². The Morgan fingerprint density at radius 1 is 1.43 bits per heavy atom. The summed E-state index contributed by atoms with van der Waals surface area (Å²) < 4.78 is 1.59. The molecule has 7 nitrogen and oxygen atoms in total. The van der Waals surface area contributed by atoms with Gasteiger partial charge in [-0.25, -0.2) is 4.68 Å². The summed E-state index contributed by atoms with van der Waals surface area (Å²) in [6, 6.07) is 7.68. The van der Waals surface area contributed by atoms with Crippen molar-refractivity contribution in [1.29, 1.82) is 0 Å². The van der Waals surface area contributed by atoms with Gasteiger partial charge >= 0.3 is 0 Å². The van der Waals surface area contributed by atoms with E-state index < -0.39 is 0 Å². The molecule has 1 heterocycles. The molecule has 0 aliphatic heterocycles. The Morgan fingerprint density at radius 3 is 3.00 bits per heavy atom. The highest BCUT2D eigenvalue weighted by molar-refractivity contribution is 7.99.